The number of halogens is 1. The number of fused-ring (bicyclic) bond motifs is 1. The van der Waals surface area contributed by atoms with Gasteiger partial charge in [0.05, 0.1) is 0 Å². The fourth-order valence-corrected chi connectivity index (χ4v) is 4.85. The summed E-state index contributed by atoms with van der Waals surface area (Å²) in [6, 6.07) is 0. The first-order valence-corrected chi connectivity index (χ1v) is 7.61. The smallest absolute Gasteiger partial charge is 0.00315 e. The summed E-state index contributed by atoms with van der Waals surface area (Å²) < 4.78 is 0. The van der Waals surface area contributed by atoms with Crippen LogP contribution in [0.1, 0.15) is 45.4 Å². The number of hydrogen-bond acceptors (Lipinski definition) is 0. The van der Waals surface area contributed by atoms with Crippen molar-refractivity contribution in [2.45, 2.75) is 45.4 Å². The lowest BCUT2D eigenvalue weighted by Crippen LogP contribution is -2.25. The predicted octanol–water partition coefficient (Wildman–Crippen LogP) is 4.54. The molecule has 0 saturated heterocycles. The van der Waals surface area contributed by atoms with Crippen LogP contribution in [0.2, 0.25) is 0 Å². The average Bonchev–Trinajstić information content (AvgIpc) is 2.39. The van der Waals surface area contributed by atoms with Gasteiger partial charge in [0.25, 0.3) is 0 Å². The van der Waals surface area contributed by atoms with Crippen LogP contribution in [0.5, 0.6) is 0 Å². The highest BCUT2D eigenvalue weighted by Gasteiger charge is 2.52. The summed E-state index contributed by atoms with van der Waals surface area (Å²) in [6.07, 6.45) is 11.4. The van der Waals surface area contributed by atoms with E-state index >= 15 is 0 Å². The van der Waals surface area contributed by atoms with E-state index in [-0.39, 0.29) is 0 Å². The predicted molar refractivity (Wildman–Crippen MR) is 68.2 cm³/mol. The van der Waals surface area contributed by atoms with E-state index in [4.69, 9.17) is 0 Å². The third kappa shape index (κ3) is 1.62. The van der Waals surface area contributed by atoms with Gasteiger partial charge in [0.15, 0.2) is 0 Å². The molecular weight excluding hydrogens is 248 g/mol. The highest BCUT2D eigenvalue weighted by molar-refractivity contribution is 9.09. The lowest BCUT2D eigenvalue weighted by molar-refractivity contribution is 0.213. The molecule has 4 atom stereocenters. The summed E-state index contributed by atoms with van der Waals surface area (Å²) in [6.45, 7) is 2.43. The minimum Gasteiger partial charge on any atom is -0.0928 e. The van der Waals surface area contributed by atoms with Crippen LogP contribution in [0.3, 0.4) is 0 Å². The molecule has 1 heteroatoms. The third-order valence-electron chi connectivity index (χ3n) is 4.99. The Morgan fingerprint density at radius 2 is 2.27 bits per heavy atom. The van der Waals surface area contributed by atoms with Gasteiger partial charge in [-0.2, -0.15) is 0 Å². The Kier molecular flexibility index (Phi) is 2.50. The van der Waals surface area contributed by atoms with Gasteiger partial charge in [-0.05, 0) is 61.7 Å². The number of alkyl halides is 1. The molecule has 3 aliphatic rings. The van der Waals surface area contributed by atoms with Crippen molar-refractivity contribution in [3.8, 4) is 0 Å². The van der Waals surface area contributed by atoms with Crippen LogP contribution in [0, 0.1) is 23.2 Å². The second-order valence-electron chi connectivity index (χ2n) is 6.19. The molecule has 2 fully saturated rings. The van der Waals surface area contributed by atoms with Crippen molar-refractivity contribution in [1.82, 2.24) is 0 Å². The summed E-state index contributed by atoms with van der Waals surface area (Å²) in [5, 5.41) is 1.19. The molecule has 0 heterocycles. The van der Waals surface area contributed by atoms with Crippen molar-refractivity contribution < 1.29 is 0 Å². The Morgan fingerprint density at radius 3 is 3.07 bits per heavy atom. The van der Waals surface area contributed by atoms with Crippen LogP contribution in [0.4, 0.5) is 0 Å². The summed E-state index contributed by atoms with van der Waals surface area (Å²) in [4.78, 5) is 0. The maximum atomic E-state index is 3.59. The van der Waals surface area contributed by atoms with Crippen molar-refractivity contribution >= 4 is 15.9 Å². The molecule has 0 amide bonds. The monoisotopic (exact) mass is 268 g/mol. The van der Waals surface area contributed by atoms with Crippen molar-refractivity contribution in [2.75, 3.05) is 5.33 Å². The summed E-state index contributed by atoms with van der Waals surface area (Å²) >= 11 is 3.59. The Balaban J connectivity index is 1.81. The van der Waals surface area contributed by atoms with E-state index < -0.39 is 0 Å². The highest BCUT2D eigenvalue weighted by atomic mass is 79.9. The average molecular weight is 269 g/mol. The fourth-order valence-electron chi connectivity index (χ4n) is 4.57. The van der Waals surface area contributed by atoms with Crippen molar-refractivity contribution in [3.63, 3.8) is 0 Å². The molecule has 0 radical (unpaired) electrons. The summed E-state index contributed by atoms with van der Waals surface area (Å²) in [5.74, 6) is 2.95. The van der Waals surface area contributed by atoms with Crippen LogP contribution < -0.4 is 0 Å². The van der Waals surface area contributed by atoms with Gasteiger partial charge in [0, 0.05) is 5.33 Å². The van der Waals surface area contributed by atoms with Crippen LogP contribution in [-0.2, 0) is 0 Å². The maximum absolute atomic E-state index is 3.59. The van der Waals surface area contributed by atoms with Gasteiger partial charge in [-0.25, -0.2) is 0 Å². The molecule has 3 rings (SSSR count). The Bertz CT molecular complexity index is 294. The lowest BCUT2D eigenvalue weighted by atomic mass is 9.69. The molecular formula is C14H21Br. The molecule has 0 aromatic rings. The quantitative estimate of drug-likeness (QED) is 0.521. The maximum Gasteiger partial charge on any atom is 0.00315 e. The topological polar surface area (TPSA) is 0 Å². The fraction of sp³-hybridized carbons (Fsp3) is 0.857. The molecule has 0 aromatic carbocycles. The van der Waals surface area contributed by atoms with E-state index in [1.54, 1.807) is 6.42 Å². The first-order chi connectivity index (χ1) is 7.22. The number of rotatable bonds is 3. The zero-order chi connectivity index (χ0) is 10.5. The molecule has 0 aromatic heterocycles. The molecule has 2 saturated carbocycles. The summed E-state index contributed by atoms with van der Waals surface area (Å²) in [7, 11) is 0. The van der Waals surface area contributed by atoms with E-state index in [0.717, 1.165) is 23.2 Å². The van der Waals surface area contributed by atoms with Gasteiger partial charge in [-0.3, -0.25) is 0 Å². The molecule has 84 valence electrons. The number of allylic oxidation sites excluding steroid dienone is 2. The molecule has 3 aliphatic carbocycles. The molecule has 4 unspecified atom stereocenters. The van der Waals surface area contributed by atoms with E-state index in [2.05, 4.69) is 28.9 Å². The Labute approximate surface area is 102 Å². The van der Waals surface area contributed by atoms with Gasteiger partial charge >= 0.3 is 0 Å². The SMILES string of the molecule is CC1C=C2CC3CC(CCCBr)(C1)CC23. The van der Waals surface area contributed by atoms with E-state index in [1.165, 1.54) is 37.4 Å². The molecule has 15 heavy (non-hydrogen) atoms. The zero-order valence-corrected chi connectivity index (χ0v) is 11.2. The molecule has 0 N–H and O–H groups in total. The largest absolute Gasteiger partial charge is 0.0928 e. The summed E-state index contributed by atoms with van der Waals surface area (Å²) in [5.41, 5.74) is 2.56. The first kappa shape index (κ1) is 10.4. The van der Waals surface area contributed by atoms with Crippen LogP contribution in [-0.4, -0.2) is 5.33 Å². The minimum absolute atomic E-state index is 0.733. The Morgan fingerprint density at radius 1 is 1.40 bits per heavy atom. The van der Waals surface area contributed by atoms with Gasteiger partial charge in [0.2, 0.25) is 0 Å². The van der Waals surface area contributed by atoms with E-state index in [1.807, 2.05) is 5.57 Å². The van der Waals surface area contributed by atoms with Gasteiger partial charge in [-0.15, -0.1) is 0 Å². The third-order valence-corrected chi connectivity index (χ3v) is 5.55. The van der Waals surface area contributed by atoms with Gasteiger partial charge < -0.3 is 0 Å². The molecule has 0 nitrogen and oxygen atoms in total. The van der Waals surface area contributed by atoms with Crippen molar-refractivity contribution in [2.24, 2.45) is 23.2 Å². The first-order valence-electron chi connectivity index (χ1n) is 6.49. The van der Waals surface area contributed by atoms with E-state index in [9.17, 15) is 0 Å². The van der Waals surface area contributed by atoms with Gasteiger partial charge in [-0.1, -0.05) is 34.5 Å². The normalized spacial score (nSPS) is 47.1. The van der Waals surface area contributed by atoms with Crippen LogP contribution in [0.25, 0.3) is 0 Å². The van der Waals surface area contributed by atoms with Crippen molar-refractivity contribution in [3.05, 3.63) is 11.6 Å². The second-order valence-corrected chi connectivity index (χ2v) is 6.99. The molecule has 0 aliphatic heterocycles. The van der Waals surface area contributed by atoms with Crippen LogP contribution >= 0.6 is 15.9 Å². The second kappa shape index (κ2) is 3.61. The zero-order valence-electron chi connectivity index (χ0n) is 9.64. The van der Waals surface area contributed by atoms with Gasteiger partial charge in [0.1, 0.15) is 0 Å². The standard InChI is InChI=1S/C14H21Br/c1-10-5-11-6-12-8-14(7-10,3-2-4-15)9-13(11)12/h5,10,12-13H,2-4,6-9H2,1H3. The van der Waals surface area contributed by atoms with Crippen LogP contribution in [0.15, 0.2) is 11.6 Å². The Hall–Kier alpha value is 0.220. The lowest BCUT2D eigenvalue weighted by Gasteiger charge is -2.36. The molecule has 2 bridgehead atoms. The molecule has 0 spiro atoms. The minimum atomic E-state index is 0.733. The highest BCUT2D eigenvalue weighted by Crippen LogP contribution is 2.63. The van der Waals surface area contributed by atoms with E-state index in [0.29, 0.717) is 0 Å². The van der Waals surface area contributed by atoms with Crippen molar-refractivity contribution in [1.29, 1.82) is 0 Å². The number of hydrogen-bond donors (Lipinski definition) is 0.